The molecule has 29 heavy (non-hydrogen) atoms. The van der Waals surface area contributed by atoms with Crippen LogP contribution < -0.4 is 5.32 Å². The van der Waals surface area contributed by atoms with E-state index in [1.165, 1.54) is 11.1 Å². The number of aryl methyl sites for hydroxylation is 2. The molecule has 4 rings (SSSR count). The van der Waals surface area contributed by atoms with Crippen molar-refractivity contribution >= 4 is 5.82 Å². The lowest BCUT2D eigenvalue weighted by molar-refractivity contribution is 0.211. The molecule has 0 radical (unpaired) electrons. The predicted molar refractivity (Wildman–Crippen MR) is 118 cm³/mol. The molecule has 0 amide bonds. The fourth-order valence-electron chi connectivity index (χ4n) is 3.84. The quantitative estimate of drug-likeness (QED) is 0.696. The third kappa shape index (κ3) is 4.62. The minimum Gasteiger partial charge on any atom is -0.367 e. The summed E-state index contributed by atoms with van der Waals surface area (Å²) in [6.45, 7) is 9.56. The zero-order valence-electron chi connectivity index (χ0n) is 17.5. The van der Waals surface area contributed by atoms with Crippen molar-refractivity contribution in [1.29, 1.82) is 0 Å². The van der Waals surface area contributed by atoms with Crippen molar-refractivity contribution in [3.63, 3.8) is 0 Å². The van der Waals surface area contributed by atoms with Crippen molar-refractivity contribution in [2.45, 2.75) is 46.2 Å². The number of piperidine rings is 1. The molecule has 5 nitrogen and oxygen atoms in total. The molecule has 1 aliphatic heterocycles. The van der Waals surface area contributed by atoms with Crippen molar-refractivity contribution in [2.24, 2.45) is 0 Å². The van der Waals surface area contributed by atoms with E-state index in [2.05, 4.69) is 58.3 Å². The van der Waals surface area contributed by atoms with Crippen LogP contribution in [0.5, 0.6) is 0 Å². The van der Waals surface area contributed by atoms with E-state index in [4.69, 9.17) is 4.98 Å². The molecule has 0 saturated carbocycles. The Morgan fingerprint density at radius 3 is 2.45 bits per heavy atom. The molecule has 2 aromatic heterocycles. The van der Waals surface area contributed by atoms with Gasteiger partial charge in [0.2, 0.25) is 0 Å². The predicted octanol–water partition coefficient (Wildman–Crippen LogP) is 4.54. The highest BCUT2D eigenvalue weighted by molar-refractivity contribution is 5.56. The molecule has 0 spiro atoms. The van der Waals surface area contributed by atoms with Gasteiger partial charge in [-0.2, -0.15) is 0 Å². The molecule has 3 heterocycles. The minimum absolute atomic E-state index is 0.438. The van der Waals surface area contributed by atoms with Crippen LogP contribution in [0.1, 0.15) is 35.2 Å². The average Bonchev–Trinajstić information content (AvgIpc) is 2.75. The van der Waals surface area contributed by atoms with Crippen LogP contribution in [0.2, 0.25) is 0 Å². The molecule has 3 aromatic rings. The Balaban J connectivity index is 1.42. The number of aromatic nitrogens is 3. The molecule has 150 valence electrons. The van der Waals surface area contributed by atoms with Gasteiger partial charge >= 0.3 is 0 Å². The average molecular weight is 388 g/mol. The lowest BCUT2D eigenvalue weighted by atomic mass is 10.0. The number of hydrogen-bond acceptors (Lipinski definition) is 5. The Labute approximate surface area is 173 Å². The summed E-state index contributed by atoms with van der Waals surface area (Å²) in [6.07, 6.45) is 4.02. The van der Waals surface area contributed by atoms with Crippen molar-refractivity contribution < 1.29 is 0 Å². The Morgan fingerprint density at radius 2 is 1.72 bits per heavy atom. The van der Waals surface area contributed by atoms with E-state index in [-0.39, 0.29) is 0 Å². The van der Waals surface area contributed by atoms with E-state index in [0.29, 0.717) is 11.9 Å². The zero-order chi connectivity index (χ0) is 20.2. The van der Waals surface area contributed by atoms with Crippen LogP contribution in [0, 0.1) is 20.8 Å². The first kappa shape index (κ1) is 19.5. The summed E-state index contributed by atoms with van der Waals surface area (Å²) < 4.78 is 0. The second kappa shape index (κ2) is 8.70. The Hall–Kier alpha value is -2.79. The summed E-state index contributed by atoms with van der Waals surface area (Å²) in [7, 11) is 0. The molecule has 0 aliphatic carbocycles. The monoisotopic (exact) mass is 387 g/mol. The number of nitrogens with zero attached hydrogens (tertiary/aromatic N) is 4. The zero-order valence-corrected chi connectivity index (χ0v) is 17.5. The van der Waals surface area contributed by atoms with Gasteiger partial charge in [0.25, 0.3) is 0 Å². The number of nitrogens with one attached hydrogen (secondary N) is 1. The summed E-state index contributed by atoms with van der Waals surface area (Å²) in [6, 6.07) is 15.0. The van der Waals surface area contributed by atoms with Crippen LogP contribution in [0.25, 0.3) is 11.5 Å². The van der Waals surface area contributed by atoms with Gasteiger partial charge < -0.3 is 5.32 Å². The van der Waals surface area contributed by atoms with Gasteiger partial charge in [-0.25, -0.2) is 9.97 Å². The number of likely N-dealkylation sites (tertiary alicyclic amines) is 1. The van der Waals surface area contributed by atoms with Gasteiger partial charge in [0.1, 0.15) is 11.5 Å². The van der Waals surface area contributed by atoms with Crippen LogP contribution in [0.15, 0.2) is 48.7 Å². The summed E-state index contributed by atoms with van der Waals surface area (Å²) in [5, 5.41) is 3.69. The summed E-state index contributed by atoms with van der Waals surface area (Å²) in [5.41, 5.74) is 5.74. The molecule has 1 N–H and O–H groups in total. The molecule has 1 saturated heterocycles. The number of hydrogen-bond donors (Lipinski definition) is 1. The molecule has 0 atom stereocenters. The molecule has 1 aliphatic rings. The normalized spacial score (nSPS) is 15.4. The molecule has 1 aromatic carbocycles. The van der Waals surface area contributed by atoms with Crippen molar-refractivity contribution in [2.75, 3.05) is 18.4 Å². The molecular formula is C24H29N5. The maximum Gasteiger partial charge on any atom is 0.180 e. The number of rotatable bonds is 5. The van der Waals surface area contributed by atoms with E-state index < -0.39 is 0 Å². The molecule has 1 fully saturated rings. The first-order chi connectivity index (χ1) is 14.1. The fourth-order valence-corrected chi connectivity index (χ4v) is 3.84. The topological polar surface area (TPSA) is 53.9 Å². The van der Waals surface area contributed by atoms with Gasteiger partial charge in [-0.05, 0) is 56.9 Å². The van der Waals surface area contributed by atoms with Gasteiger partial charge in [0, 0.05) is 43.1 Å². The first-order valence-corrected chi connectivity index (χ1v) is 10.4. The molecule has 5 heteroatoms. The molecular weight excluding hydrogens is 358 g/mol. The standard InChI is InChI=1S/C24H29N5/c1-17-8-4-5-9-20(17)16-29-14-11-21(12-15-29)27-23-18(2)19(3)26-24(28-23)22-10-6-7-13-25-22/h4-10,13,21H,11-12,14-16H2,1-3H3,(H,26,27,28). The largest absolute Gasteiger partial charge is 0.367 e. The van der Waals surface area contributed by atoms with Crippen LogP contribution in [-0.2, 0) is 6.54 Å². The number of benzene rings is 1. The lowest BCUT2D eigenvalue weighted by Crippen LogP contribution is -2.39. The minimum atomic E-state index is 0.438. The van der Waals surface area contributed by atoms with Gasteiger partial charge in [0.15, 0.2) is 5.82 Å². The highest BCUT2D eigenvalue weighted by Gasteiger charge is 2.21. The maximum absolute atomic E-state index is 4.80. The first-order valence-electron chi connectivity index (χ1n) is 10.4. The van der Waals surface area contributed by atoms with Crippen molar-refractivity contribution in [3.8, 4) is 11.5 Å². The Morgan fingerprint density at radius 1 is 0.966 bits per heavy atom. The summed E-state index contributed by atoms with van der Waals surface area (Å²) >= 11 is 0. The fraction of sp³-hybridized carbons (Fsp3) is 0.375. The second-order valence-electron chi connectivity index (χ2n) is 7.94. The van der Waals surface area contributed by atoms with Gasteiger partial charge in [-0.3, -0.25) is 9.88 Å². The third-order valence-corrected chi connectivity index (χ3v) is 5.87. The van der Waals surface area contributed by atoms with E-state index in [1.807, 2.05) is 25.1 Å². The Kier molecular flexibility index (Phi) is 5.86. The van der Waals surface area contributed by atoms with Crippen molar-refractivity contribution in [1.82, 2.24) is 19.9 Å². The van der Waals surface area contributed by atoms with Gasteiger partial charge in [0.05, 0.1) is 0 Å². The Bertz CT molecular complexity index is 962. The van der Waals surface area contributed by atoms with Gasteiger partial charge in [-0.15, -0.1) is 0 Å². The van der Waals surface area contributed by atoms with Crippen LogP contribution in [0.4, 0.5) is 5.82 Å². The third-order valence-electron chi connectivity index (χ3n) is 5.87. The highest BCUT2D eigenvalue weighted by atomic mass is 15.2. The van der Waals surface area contributed by atoms with Crippen LogP contribution in [0.3, 0.4) is 0 Å². The molecule has 0 bridgehead atoms. The van der Waals surface area contributed by atoms with E-state index in [9.17, 15) is 0 Å². The van der Waals surface area contributed by atoms with Crippen molar-refractivity contribution in [3.05, 3.63) is 71.0 Å². The van der Waals surface area contributed by atoms with E-state index in [0.717, 1.165) is 55.2 Å². The van der Waals surface area contributed by atoms with Crippen LogP contribution >= 0.6 is 0 Å². The maximum atomic E-state index is 4.80. The molecule has 0 unspecified atom stereocenters. The summed E-state index contributed by atoms with van der Waals surface area (Å²) in [5.74, 6) is 1.63. The van der Waals surface area contributed by atoms with E-state index >= 15 is 0 Å². The summed E-state index contributed by atoms with van der Waals surface area (Å²) in [4.78, 5) is 16.4. The smallest absolute Gasteiger partial charge is 0.180 e. The second-order valence-corrected chi connectivity index (χ2v) is 7.94. The SMILES string of the molecule is Cc1ccccc1CN1CCC(Nc2nc(-c3ccccn3)nc(C)c2C)CC1. The number of pyridine rings is 1. The highest BCUT2D eigenvalue weighted by Crippen LogP contribution is 2.24. The lowest BCUT2D eigenvalue weighted by Gasteiger charge is -2.33. The number of anilines is 1. The van der Waals surface area contributed by atoms with Crippen LogP contribution in [-0.4, -0.2) is 39.0 Å². The van der Waals surface area contributed by atoms with E-state index in [1.54, 1.807) is 6.20 Å². The van der Waals surface area contributed by atoms with Gasteiger partial charge in [-0.1, -0.05) is 30.3 Å².